The van der Waals surface area contributed by atoms with Crippen molar-refractivity contribution in [3.63, 3.8) is 0 Å². The van der Waals surface area contributed by atoms with Gasteiger partial charge in [-0.05, 0) is 31.0 Å². The van der Waals surface area contributed by atoms with E-state index in [1.54, 1.807) is 0 Å². The first-order chi connectivity index (χ1) is 8.27. The minimum absolute atomic E-state index is 0.630. The molecule has 2 heteroatoms. The van der Waals surface area contributed by atoms with Crippen molar-refractivity contribution >= 4 is 11.8 Å². The maximum atomic E-state index is 3.67. The first-order valence-corrected chi connectivity index (χ1v) is 7.67. The van der Waals surface area contributed by atoms with Crippen molar-refractivity contribution in [2.75, 3.05) is 12.3 Å². The molecule has 1 nitrogen and oxygen atoms in total. The fraction of sp³-hybridized carbons (Fsp3) is 0.600. The zero-order valence-electron chi connectivity index (χ0n) is 11.3. The summed E-state index contributed by atoms with van der Waals surface area (Å²) >= 11 is 1.96. The Kier molecular flexibility index (Phi) is 7.38. The Bertz CT molecular complexity index is 286. The Morgan fingerprint density at radius 2 is 1.88 bits per heavy atom. The van der Waals surface area contributed by atoms with Gasteiger partial charge in [-0.1, -0.05) is 45.4 Å². The van der Waals surface area contributed by atoms with Crippen LogP contribution in [0.4, 0.5) is 0 Å². The summed E-state index contributed by atoms with van der Waals surface area (Å²) < 4.78 is 0. The molecule has 0 fully saturated rings. The smallest absolute Gasteiger partial charge is 0.0187 e. The molecule has 2 atom stereocenters. The van der Waals surface area contributed by atoms with Crippen LogP contribution in [0.15, 0.2) is 35.2 Å². The molecule has 1 aromatic carbocycles. The highest BCUT2D eigenvalue weighted by Gasteiger charge is 2.14. The van der Waals surface area contributed by atoms with Crippen molar-refractivity contribution in [1.82, 2.24) is 5.32 Å². The Balaban J connectivity index is 2.43. The van der Waals surface area contributed by atoms with Crippen molar-refractivity contribution in [2.45, 2.75) is 44.6 Å². The molecule has 1 aromatic rings. The lowest BCUT2D eigenvalue weighted by Crippen LogP contribution is -2.37. The number of hydrogen-bond acceptors (Lipinski definition) is 2. The van der Waals surface area contributed by atoms with Gasteiger partial charge in [-0.2, -0.15) is 0 Å². The topological polar surface area (TPSA) is 12.0 Å². The molecule has 0 saturated carbocycles. The Morgan fingerprint density at radius 3 is 2.47 bits per heavy atom. The summed E-state index contributed by atoms with van der Waals surface area (Å²) in [6.45, 7) is 7.98. The normalized spacial score (nSPS) is 14.5. The number of thioether (sulfide) groups is 1. The van der Waals surface area contributed by atoms with E-state index < -0.39 is 0 Å². The highest BCUT2D eigenvalue weighted by Crippen LogP contribution is 2.21. The van der Waals surface area contributed by atoms with Crippen LogP contribution < -0.4 is 5.32 Å². The molecule has 0 aromatic heterocycles. The Morgan fingerprint density at radius 1 is 1.18 bits per heavy atom. The van der Waals surface area contributed by atoms with Crippen LogP contribution in [0, 0.1) is 5.92 Å². The molecule has 0 saturated heterocycles. The average molecular weight is 251 g/mol. The molecule has 2 unspecified atom stereocenters. The highest BCUT2D eigenvalue weighted by atomic mass is 32.2. The van der Waals surface area contributed by atoms with E-state index in [1.807, 2.05) is 11.8 Å². The van der Waals surface area contributed by atoms with Gasteiger partial charge in [0.05, 0.1) is 0 Å². The van der Waals surface area contributed by atoms with Gasteiger partial charge >= 0.3 is 0 Å². The first-order valence-electron chi connectivity index (χ1n) is 6.69. The Labute approximate surface area is 110 Å². The van der Waals surface area contributed by atoms with E-state index in [-0.39, 0.29) is 0 Å². The van der Waals surface area contributed by atoms with E-state index in [2.05, 4.69) is 56.4 Å². The van der Waals surface area contributed by atoms with Crippen LogP contribution in [0.3, 0.4) is 0 Å². The molecule has 96 valence electrons. The fourth-order valence-corrected chi connectivity index (χ4v) is 2.91. The zero-order valence-corrected chi connectivity index (χ0v) is 12.1. The molecule has 1 N–H and O–H groups in total. The van der Waals surface area contributed by atoms with Crippen LogP contribution in [0.25, 0.3) is 0 Å². The summed E-state index contributed by atoms with van der Waals surface area (Å²) in [6, 6.07) is 11.3. The third-order valence-corrected chi connectivity index (χ3v) is 4.29. The van der Waals surface area contributed by atoms with Crippen molar-refractivity contribution in [2.24, 2.45) is 5.92 Å². The van der Waals surface area contributed by atoms with Crippen LogP contribution in [-0.4, -0.2) is 18.3 Å². The van der Waals surface area contributed by atoms with Gasteiger partial charge < -0.3 is 5.32 Å². The molecular weight excluding hydrogens is 226 g/mol. The van der Waals surface area contributed by atoms with Gasteiger partial charge in [0, 0.05) is 16.7 Å². The van der Waals surface area contributed by atoms with Gasteiger partial charge in [-0.3, -0.25) is 0 Å². The van der Waals surface area contributed by atoms with Crippen molar-refractivity contribution < 1.29 is 0 Å². The minimum Gasteiger partial charge on any atom is -0.313 e. The van der Waals surface area contributed by atoms with Gasteiger partial charge in [0.25, 0.3) is 0 Å². The summed E-state index contributed by atoms with van der Waals surface area (Å²) in [5, 5.41) is 3.67. The van der Waals surface area contributed by atoms with Gasteiger partial charge in [-0.25, -0.2) is 0 Å². The second-order valence-corrected chi connectivity index (χ2v) is 5.66. The number of rotatable bonds is 8. The number of nitrogens with one attached hydrogen (secondary N) is 1. The van der Waals surface area contributed by atoms with Crippen LogP contribution in [0.5, 0.6) is 0 Å². The highest BCUT2D eigenvalue weighted by molar-refractivity contribution is 7.99. The summed E-state index contributed by atoms with van der Waals surface area (Å²) in [6.07, 6.45) is 2.46. The maximum Gasteiger partial charge on any atom is 0.0187 e. The molecule has 0 aliphatic rings. The summed E-state index contributed by atoms with van der Waals surface area (Å²) in [5.41, 5.74) is 0. The van der Waals surface area contributed by atoms with Crippen molar-refractivity contribution in [3.8, 4) is 0 Å². The first kappa shape index (κ1) is 14.6. The zero-order chi connectivity index (χ0) is 12.5. The van der Waals surface area contributed by atoms with Crippen LogP contribution in [0.1, 0.15) is 33.6 Å². The minimum atomic E-state index is 0.630. The van der Waals surface area contributed by atoms with E-state index in [9.17, 15) is 0 Å². The maximum absolute atomic E-state index is 3.67. The lowest BCUT2D eigenvalue weighted by molar-refractivity contribution is 0.397. The SMILES string of the molecule is CCCNC(CSc1ccccc1)C(C)CC. The second kappa shape index (κ2) is 8.60. The number of hydrogen-bond donors (Lipinski definition) is 1. The quantitative estimate of drug-likeness (QED) is 0.695. The van der Waals surface area contributed by atoms with Gasteiger partial charge in [0.1, 0.15) is 0 Å². The molecule has 17 heavy (non-hydrogen) atoms. The van der Waals surface area contributed by atoms with E-state index in [4.69, 9.17) is 0 Å². The summed E-state index contributed by atoms with van der Waals surface area (Å²) in [4.78, 5) is 1.37. The predicted molar refractivity (Wildman–Crippen MR) is 78.7 cm³/mol. The molecule has 0 aliphatic heterocycles. The predicted octanol–water partition coefficient (Wildman–Crippen LogP) is 4.19. The van der Waals surface area contributed by atoms with Crippen molar-refractivity contribution in [1.29, 1.82) is 0 Å². The molecule has 0 aliphatic carbocycles. The van der Waals surface area contributed by atoms with Gasteiger partial charge in [0.2, 0.25) is 0 Å². The lowest BCUT2D eigenvalue weighted by atomic mass is 10.0. The van der Waals surface area contributed by atoms with Crippen LogP contribution in [0.2, 0.25) is 0 Å². The second-order valence-electron chi connectivity index (χ2n) is 4.57. The molecule has 0 amide bonds. The monoisotopic (exact) mass is 251 g/mol. The molecular formula is C15H25NS. The fourth-order valence-electron chi connectivity index (χ4n) is 1.74. The summed E-state index contributed by atoms with van der Waals surface area (Å²) in [5.74, 6) is 1.91. The summed E-state index contributed by atoms with van der Waals surface area (Å²) in [7, 11) is 0. The number of benzene rings is 1. The molecule has 0 spiro atoms. The van der Waals surface area contributed by atoms with E-state index in [1.165, 1.54) is 23.5 Å². The standard InChI is InChI=1S/C15H25NS/c1-4-11-16-15(13(3)5-2)12-17-14-9-7-6-8-10-14/h6-10,13,15-16H,4-5,11-12H2,1-3H3. The molecule has 1 rings (SSSR count). The largest absolute Gasteiger partial charge is 0.313 e. The third-order valence-electron chi connectivity index (χ3n) is 3.16. The molecule has 0 radical (unpaired) electrons. The van der Waals surface area contributed by atoms with E-state index >= 15 is 0 Å². The van der Waals surface area contributed by atoms with Crippen LogP contribution >= 0.6 is 11.8 Å². The lowest BCUT2D eigenvalue weighted by Gasteiger charge is -2.24. The van der Waals surface area contributed by atoms with Crippen molar-refractivity contribution in [3.05, 3.63) is 30.3 Å². The van der Waals surface area contributed by atoms with E-state index in [0.29, 0.717) is 6.04 Å². The van der Waals surface area contributed by atoms with Gasteiger partial charge in [-0.15, -0.1) is 11.8 Å². The van der Waals surface area contributed by atoms with Gasteiger partial charge in [0.15, 0.2) is 0 Å². The van der Waals surface area contributed by atoms with E-state index in [0.717, 1.165) is 12.5 Å². The Hall–Kier alpha value is -0.470. The van der Waals surface area contributed by atoms with Crippen LogP contribution in [-0.2, 0) is 0 Å². The molecule has 0 bridgehead atoms. The molecule has 0 heterocycles. The average Bonchev–Trinajstić information content (AvgIpc) is 2.39. The third kappa shape index (κ3) is 5.60.